The van der Waals surface area contributed by atoms with Crippen molar-refractivity contribution < 1.29 is 107 Å². The highest BCUT2D eigenvalue weighted by molar-refractivity contribution is 7.86. The monoisotopic (exact) mass is 1480 g/mol. The van der Waals surface area contributed by atoms with Crippen LogP contribution < -0.4 is 58.9 Å². The third kappa shape index (κ3) is 45.6. The predicted molar refractivity (Wildman–Crippen MR) is 364 cm³/mol. The van der Waals surface area contributed by atoms with Crippen molar-refractivity contribution in [3.8, 4) is 0 Å². The van der Waals surface area contributed by atoms with Gasteiger partial charge in [-0.1, -0.05) is 38.8 Å². The first-order chi connectivity index (χ1) is 47.9. The number of hydrogen-bond acceptors (Lipinski definition) is 25. The zero-order valence-electron chi connectivity index (χ0n) is 58.0. The molecule has 0 saturated heterocycles. The van der Waals surface area contributed by atoms with Crippen LogP contribution in [0, 0.1) is 11.4 Å². The molecular weight excluding hydrogens is 1370 g/mol. The number of nitrogens with zero attached hydrogens (tertiary/aromatic N) is 2. The van der Waals surface area contributed by atoms with Gasteiger partial charge in [-0.2, -0.15) is 21.9 Å². The number of hydrogen-bond donors (Lipinski definition) is 14. The average molecular weight is 1480 g/mol. The van der Waals surface area contributed by atoms with Crippen LogP contribution in [0.2, 0.25) is 0 Å². The molecule has 0 heterocycles. The van der Waals surface area contributed by atoms with E-state index >= 15 is 0 Å². The van der Waals surface area contributed by atoms with E-state index in [1.807, 2.05) is 0 Å². The number of urea groups is 1. The second-order valence-electron chi connectivity index (χ2n) is 23.7. The summed E-state index contributed by atoms with van der Waals surface area (Å²) >= 11 is 0. The van der Waals surface area contributed by atoms with Gasteiger partial charge in [-0.3, -0.25) is 57.2 Å². The third-order valence-electron chi connectivity index (χ3n) is 14.7. The number of primary amides is 1. The SMILES string of the molecule is CC(=O)CCC(=O)NCCOCCOCCOCCOCCC(=O)N[C@H](CCCCNC(=O)COC1CCCCC/C(NCCN(CC(=O)NCCS(=O)(=O)O)CC(=O)NCCS(=O)(=O)O)=C\1N=N)C(=O)N[C@H](C(=O)N[C@@H](CCCNC(N)=O)C(=O)Nc1ccc(COC(C)=O)cc1)C(C)C. The molecule has 1 aliphatic carbocycles. The normalized spacial score (nSPS) is 14.9. The molecule has 0 spiro atoms. The summed E-state index contributed by atoms with van der Waals surface area (Å²) in [7, 11) is -8.78. The van der Waals surface area contributed by atoms with Crippen LogP contribution in [0.25, 0.3) is 0 Å². The number of carbonyl (C=O) groups excluding carboxylic acids is 11. The van der Waals surface area contributed by atoms with Crippen molar-refractivity contribution >= 4 is 91.0 Å². The number of Topliss-reactive ketones (excluding diaryl/α,β-unsaturated/α-hetero) is 1. The minimum atomic E-state index is -4.39. The molecule has 0 fully saturated rings. The first-order valence-electron chi connectivity index (χ1n) is 33.4. The lowest BCUT2D eigenvalue weighted by Gasteiger charge is -2.27. The molecule has 101 heavy (non-hydrogen) atoms. The largest absolute Gasteiger partial charge is 0.461 e. The van der Waals surface area contributed by atoms with Crippen LogP contribution in [0.15, 0.2) is 40.8 Å². The van der Waals surface area contributed by atoms with Crippen LogP contribution in [-0.2, 0) is 103 Å². The zero-order chi connectivity index (χ0) is 75.0. The number of carbonyl (C=O) groups is 11. The van der Waals surface area contributed by atoms with Crippen molar-refractivity contribution in [1.29, 1.82) is 5.53 Å². The molecule has 1 unspecified atom stereocenters. The summed E-state index contributed by atoms with van der Waals surface area (Å²) in [4.78, 5) is 141. The molecule has 1 aromatic carbocycles. The molecule has 572 valence electrons. The van der Waals surface area contributed by atoms with Gasteiger partial charge in [0, 0.05) is 83.4 Å². The Hall–Kier alpha value is -7.89. The Morgan fingerprint density at radius 3 is 1.74 bits per heavy atom. The second-order valence-corrected chi connectivity index (χ2v) is 26.8. The van der Waals surface area contributed by atoms with Crippen LogP contribution in [-0.4, -0.2) is 250 Å². The maximum Gasteiger partial charge on any atom is 0.312 e. The quantitative estimate of drug-likeness (QED) is 0.0160. The van der Waals surface area contributed by atoms with Crippen LogP contribution in [0.1, 0.15) is 117 Å². The molecule has 0 aromatic heterocycles. The smallest absolute Gasteiger partial charge is 0.312 e. The second kappa shape index (κ2) is 51.3. The van der Waals surface area contributed by atoms with Crippen LogP contribution in [0.3, 0.4) is 0 Å². The number of anilines is 1. The van der Waals surface area contributed by atoms with E-state index in [1.54, 1.807) is 38.1 Å². The molecule has 2 rings (SSSR count). The number of esters is 1. The van der Waals surface area contributed by atoms with Gasteiger partial charge in [0.25, 0.3) is 20.2 Å². The lowest BCUT2D eigenvalue weighted by molar-refractivity contribution is -0.142. The van der Waals surface area contributed by atoms with E-state index in [0.29, 0.717) is 55.6 Å². The van der Waals surface area contributed by atoms with Crippen molar-refractivity contribution in [2.45, 2.75) is 142 Å². The van der Waals surface area contributed by atoms with Gasteiger partial charge in [-0.25, -0.2) is 10.3 Å². The van der Waals surface area contributed by atoms with E-state index in [1.165, 1.54) is 18.7 Å². The molecule has 1 aliphatic rings. The minimum Gasteiger partial charge on any atom is -0.461 e. The molecule has 37 nitrogen and oxygen atoms in total. The molecule has 15 N–H and O–H groups in total. The Labute approximate surface area is 589 Å². The Morgan fingerprint density at radius 2 is 1.17 bits per heavy atom. The van der Waals surface area contributed by atoms with Crippen LogP contribution in [0.4, 0.5) is 10.5 Å². The molecule has 39 heteroatoms. The van der Waals surface area contributed by atoms with Crippen molar-refractivity contribution in [2.24, 2.45) is 16.8 Å². The van der Waals surface area contributed by atoms with E-state index in [9.17, 15) is 69.6 Å². The number of unbranched alkanes of at least 4 members (excludes halogenated alkanes) is 1. The van der Waals surface area contributed by atoms with Gasteiger partial charge >= 0.3 is 12.0 Å². The first-order valence-corrected chi connectivity index (χ1v) is 36.6. The maximum atomic E-state index is 14.3. The highest BCUT2D eigenvalue weighted by atomic mass is 32.2. The van der Waals surface area contributed by atoms with E-state index in [4.69, 9.17) is 48.8 Å². The van der Waals surface area contributed by atoms with Crippen molar-refractivity contribution in [2.75, 3.05) is 135 Å². The molecule has 0 aliphatic heterocycles. The van der Waals surface area contributed by atoms with Gasteiger partial charge in [-0.05, 0) is 81.9 Å². The van der Waals surface area contributed by atoms with Crippen LogP contribution >= 0.6 is 0 Å². The van der Waals surface area contributed by atoms with Gasteiger partial charge < -0.3 is 92.1 Å². The zero-order valence-corrected chi connectivity index (χ0v) is 59.6. The molecule has 0 saturated carbocycles. The van der Waals surface area contributed by atoms with E-state index in [-0.39, 0.29) is 148 Å². The summed E-state index contributed by atoms with van der Waals surface area (Å²) in [5, 5.41) is 30.5. The Morgan fingerprint density at radius 1 is 0.604 bits per heavy atom. The lowest BCUT2D eigenvalue weighted by Crippen LogP contribution is -2.57. The van der Waals surface area contributed by atoms with Crippen LogP contribution in [0.5, 0.6) is 0 Å². The molecule has 1 aromatic rings. The van der Waals surface area contributed by atoms with Gasteiger partial charge in [-0.15, -0.1) is 0 Å². The average Bonchev–Trinajstić information content (AvgIpc) is 0.866. The molecular formula is C62H104N14O23S2. The Bertz CT molecular complexity index is 3000. The molecule has 4 atom stereocenters. The fraction of sp³-hybridized carbons (Fsp3) is 0.694. The molecule has 10 amide bonds. The van der Waals surface area contributed by atoms with Gasteiger partial charge in [0.15, 0.2) is 0 Å². The highest BCUT2D eigenvalue weighted by Gasteiger charge is 2.32. The lowest BCUT2D eigenvalue weighted by atomic mass is 9.99. The fourth-order valence-corrected chi connectivity index (χ4v) is 10.2. The number of nitrogens with one attached hydrogen (secondary N) is 11. The third-order valence-corrected chi connectivity index (χ3v) is 16.1. The Kier molecular flexibility index (Phi) is 45.3. The topological polar surface area (TPSA) is 538 Å². The predicted octanol–water partition coefficient (Wildman–Crippen LogP) is -1.03. The summed E-state index contributed by atoms with van der Waals surface area (Å²) < 4.78 is 95.9. The number of ether oxygens (including phenoxy) is 6. The number of benzene rings is 1. The van der Waals surface area contributed by atoms with E-state index in [2.05, 4.69) is 58.3 Å². The number of ketones is 1. The van der Waals surface area contributed by atoms with Crippen molar-refractivity contribution in [1.82, 2.24) is 52.8 Å². The first kappa shape index (κ1) is 89.2. The van der Waals surface area contributed by atoms with Crippen molar-refractivity contribution in [3.05, 3.63) is 41.2 Å². The fourth-order valence-electron chi connectivity index (χ4n) is 9.45. The highest BCUT2D eigenvalue weighted by Crippen LogP contribution is 2.25. The summed E-state index contributed by atoms with van der Waals surface area (Å²) in [5.41, 5.74) is 15.1. The van der Waals surface area contributed by atoms with Gasteiger partial charge in [0.2, 0.25) is 47.3 Å². The number of nitrogens with two attached hydrogens (primary N) is 1. The summed E-state index contributed by atoms with van der Waals surface area (Å²) in [6.07, 6.45) is 3.05. The summed E-state index contributed by atoms with van der Waals surface area (Å²) in [6, 6.07) is 2.00. The molecule has 0 bridgehead atoms. The van der Waals surface area contributed by atoms with Gasteiger partial charge in [0.1, 0.15) is 48.9 Å². The van der Waals surface area contributed by atoms with E-state index < -0.39 is 148 Å². The van der Waals surface area contributed by atoms with Gasteiger partial charge in [0.05, 0.1) is 77.5 Å². The number of allylic oxidation sites excluding steroid dienone is 1. The summed E-state index contributed by atoms with van der Waals surface area (Å²) in [6.45, 7) is 6.02. The minimum absolute atomic E-state index is 0.00106. The summed E-state index contributed by atoms with van der Waals surface area (Å²) in [5.74, 6) is -7.43. The van der Waals surface area contributed by atoms with E-state index in [0.717, 1.165) is 6.42 Å². The Balaban J connectivity index is 2.15. The number of amides is 10. The van der Waals surface area contributed by atoms with Crippen molar-refractivity contribution in [3.63, 3.8) is 0 Å². The number of rotatable bonds is 55. The maximum absolute atomic E-state index is 14.3. The molecule has 0 radical (unpaired) electrons. The standard InChI is InChI=1S/C62H104N14O23S2/c1-43(2)57(61(86)73-50(13-10-23-70-62(63)87)59(84)71-47-18-16-46(17-19-47)41-98-45(4)78)74-60(85)49(72-53(80)21-29-94-31-33-96-35-36-97-34-32-95-30-25-67-52(79)20-15-44(3)77)12-8-9-22-66-56(83)42-99-51-14-7-5-6-11-48(58(51)75-64)65-24-28-76(39-54(81)68-26-37-100(88,89)90)40-55(82)69-27-38-101(91,92)93/h16-19,43,49-51,57,64-65H,5-15,20-42H2,1-4H3,(H,66,83)(H,67,79)(H,68,81)(H,69,82)(H,71,84)(H,72,80)(H,73,86)(H,74,85)(H3,63,70,87)(H,88,89,90)(H,91,92,93)/b58-48-,75-64?/t49-,50+,51?,57+/m1/s1.